The van der Waals surface area contributed by atoms with Gasteiger partial charge in [-0.3, -0.25) is 14.0 Å². The van der Waals surface area contributed by atoms with Crippen molar-refractivity contribution in [3.8, 4) is 28.6 Å². The van der Waals surface area contributed by atoms with Crippen molar-refractivity contribution in [2.45, 2.75) is 13.3 Å². The maximum absolute atomic E-state index is 13.7. The number of benzene rings is 1. The van der Waals surface area contributed by atoms with Gasteiger partial charge in [-0.15, -0.1) is 13.2 Å². The second-order valence-corrected chi connectivity index (χ2v) is 7.53. The minimum Gasteiger partial charge on any atom is -0.477 e. The van der Waals surface area contributed by atoms with Crippen LogP contribution in [-0.4, -0.2) is 42.3 Å². The van der Waals surface area contributed by atoms with Gasteiger partial charge in [0.15, 0.2) is 0 Å². The summed E-state index contributed by atoms with van der Waals surface area (Å²) < 4.78 is 50.0. The van der Waals surface area contributed by atoms with Gasteiger partial charge < -0.3 is 9.47 Å². The summed E-state index contributed by atoms with van der Waals surface area (Å²) in [6, 6.07) is 7.68. The van der Waals surface area contributed by atoms with Gasteiger partial charge in [0, 0.05) is 48.3 Å². The van der Waals surface area contributed by atoms with Crippen molar-refractivity contribution in [3.05, 3.63) is 65.5 Å². The quantitative estimate of drug-likeness (QED) is 0.373. The molecule has 0 radical (unpaired) electrons. The van der Waals surface area contributed by atoms with Crippen LogP contribution < -0.4 is 15.0 Å². The van der Waals surface area contributed by atoms with Crippen molar-refractivity contribution in [1.29, 1.82) is 0 Å². The number of fused-ring (bicyclic) bond motifs is 2. The third-order valence-corrected chi connectivity index (χ3v) is 5.12. The lowest BCUT2D eigenvalue weighted by Crippen LogP contribution is -2.21. The number of halogens is 3. The van der Waals surface area contributed by atoms with Crippen LogP contribution in [0.4, 0.5) is 13.2 Å². The number of nitrogens with zero attached hydrogens (tertiary/aromatic N) is 6. The standard InChI is InChI=1S/C23H17F3N6O3/c1-3-34-19-10-27-17-12-32(15-5-6-16-14(8-15)11-31(2)30-16)22(33)20(21(17)29-19)13-4-7-18(28-9-13)35-23(24,25)26/h4-12H,3H2,1-2H3. The van der Waals surface area contributed by atoms with Crippen LogP contribution in [0.15, 0.2) is 59.9 Å². The highest BCUT2D eigenvalue weighted by atomic mass is 19.4. The Balaban J connectivity index is 1.72. The molecule has 5 rings (SSSR count). The summed E-state index contributed by atoms with van der Waals surface area (Å²) >= 11 is 0. The van der Waals surface area contributed by atoms with Gasteiger partial charge in [0.1, 0.15) is 11.0 Å². The number of hydrogen-bond acceptors (Lipinski definition) is 7. The Kier molecular flexibility index (Phi) is 5.35. The smallest absolute Gasteiger partial charge is 0.477 e. The molecule has 0 aliphatic rings. The Labute approximate surface area is 195 Å². The van der Waals surface area contributed by atoms with Gasteiger partial charge in [-0.05, 0) is 31.2 Å². The number of pyridine rings is 2. The second-order valence-electron chi connectivity index (χ2n) is 7.53. The minimum absolute atomic E-state index is 0.105. The van der Waals surface area contributed by atoms with Crippen molar-refractivity contribution >= 4 is 21.9 Å². The Morgan fingerprint density at radius 1 is 1.00 bits per heavy atom. The van der Waals surface area contributed by atoms with Crippen LogP contribution in [0, 0.1) is 0 Å². The minimum atomic E-state index is -4.89. The zero-order valence-corrected chi connectivity index (χ0v) is 18.4. The lowest BCUT2D eigenvalue weighted by atomic mass is 10.1. The largest absolute Gasteiger partial charge is 0.574 e. The number of aromatic nitrogens is 6. The van der Waals surface area contributed by atoms with E-state index in [-0.39, 0.29) is 22.5 Å². The highest BCUT2D eigenvalue weighted by Crippen LogP contribution is 2.28. The van der Waals surface area contributed by atoms with Gasteiger partial charge in [0.2, 0.25) is 11.8 Å². The molecular weight excluding hydrogens is 465 g/mol. The van der Waals surface area contributed by atoms with Crippen molar-refractivity contribution in [2.24, 2.45) is 7.05 Å². The fourth-order valence-electron chi connectivity index (χ4n) is 3.73. The molecule has 0 aliphatic carbocycles. The molecular formula is C23H17F3N6O3. The van der Waals surface area contributed by atoms with Crippen LogP contribution in [0.1, 0.15) is 6.92 Å². The van der Waals surface area contributed by atoms with Crippen molar-refractivity contribution < 1.29 is 22.6 Å². The fourth-order valence-corrected chi connectivity index (χ4v) is 3.73. The zero-order chi connectivity index (χ0) is 24.7. The lowest BCUT2D eigenvalue weighted by molar-refractivity contribution is -0.276. The normalized spacial score (nSPS) is 11.8. The zero-order valence-electron chi connectivity index (χ0n) is 18.4. The van der Waals surface area contributed by atoms with E-state index in [4.69, 9.17) is 4.74 Å². The molecule has 0 aliphatic heterocycles. The second kappa shape index (κ2) is 8.38. The number of ether oxygens (including phenoxy) is 2. The first-order valence-electron chi connectivity index (χ1n) is 10.4. The molecule has 9 nitrogen and oxygen atoms in total. The molecule has 0 atom stereocenters. The van der Waals surface area contributed by atoms with Crippen molar-refractivity contribution in [1.82, 2.24) is 29.3 Å². The molecule has 1 aromatic carbocycles. The van der Waals surface area contributed by atoms with Crippen LogP contribution >= 0.6 is 0 Å². The summed E-state index contributed by atoms with van der Waals surface area (Å²) in [4.78, 5) is 26.2. The first-order chi connectivity index (χ1) is 16.7. The van der Waals surface area contributed by atoms with Gasteiger partial charge in [-0.1, -0.05) is 0 Å². The summed E-state index contributed by atoms with van der Waals surface area (Å²) in [6.45, 7) is 2.12. The predicted octanol–water partition coefficient (Wildman–Crippen LogP) is 4.03. The SMILES string of the molecule is CCOc1cnc2cn(-c3ccc4nn(C)cc4c3)c(=O)c(-c3ccc(OC(F)(F)F)nc3)c2n1. The predicted molar refractivity (Wildman–Crippen MR) is 120 cm³/mol. The molecule has 0 saturated heterocycles. The molecule has 0 spiro atoms. The molecule has 0 saturated carbocycles. The van der Waals surface area contributed by atoms with E-state index in [0.29, 0.717) is 17.8 Å². The van der Waals surface area contributed by atoms with Crippen molar-refractivity contribution in [3.63, 3.8) is 0 Å². The number of hydrogen-bond donors (Lipinski definition) is 0. The highest BCUT2D eigenvalue weighted by Gasteiger charge is 2.31. The molecule has 4 heterocycles. The van der Waals surface area contributed by atoms with E-state index in [9.17, 15) is 18.0 Å². The van der Waals surface area contributed by atoms with Crippen molar-refractivity contribution in [2.75, 3.05) is 6.61 Å². The van der Waals surface area contributed by atoms with Crippen LogP contribution in [0.5, 0.6) is 11.8 Å². The van der Waals surface area contributed by atoms with Gasteiger partial charge in [-0.2, -0.15) is 5.10 Å². The first-order valence-corrected chi connectivity index (χ1v) is 10.4. The third-order valence-electron chi connectivity index (χ3n) is 5.12. The molecule has 0 bridgehead atoms. The van der Waals surface area contributed by atoms with Gasteiger partial charge in [0.05, 0.1) is 23.9 Å². The van der Waals surface area contributed by atoms with E-state index in [1.807, 2.05) is 6.20 Å². The maximum Gasteiger partial charge on any atom is 0.574 e. The molecule has 12 heteroatoms. The van der Waals surface area contributed by atoms with Gasteiger partial charge in [-0.25, -0.2) is 15.0 Å². The molecule has 0 unspecified atom stereocenters. The molecule has 35 heavy (non-hydrogen) atoms. The van der Waals surface area contributed by atoms with E-state index in [0.717, 1.165) is 23.2 Å². The highest BCUT2D eigenvalue weighted by molar-refractivity contribution is 5.91. The molecule has 0 fully saturated rings. The van der Waals surface area contributed by atoms with Gasteiger partial charge in [0.25, 0.3) is 5.56 Å². The monoisotopic (exact) mass is 482 g/mol. The average Bonchev–Trinajstić information content (AvgIpc) is 3.18. The number of aryl methyl sites for hydroxylation is 1. The molecule has 0 N–H and O–H groups in total. The maximum atomic E-state index is 13.7. The number of alkyl halides is 3. The third kappa shape index (κ3) is 4.37. The molecule has 178 valence electrons. The lowest BCUT2D eigenvalue weighted by Gasteiger charge is -2.13. The Morgan fingerprint density at radius 3 is 2.54 bits per heavy atom. The van der Waals surface area contributed by atoms with E-state index >= 15 is 0 Å². The number of rotatable bonds is 5. The van der Waals surface area contributed by atoms with Crippen LogP contribution in [0.25, 0.3) is 38.8 Å². The Bertz CT molecular complexity index is 1610. The average molecular weight is 482 g/mol. The van der Waals surface area contributed by atoms with E-state index in [1.165, 1.54) is 16.8 Å². The summed E-state index contributed by atoms with van der Waals surface area (Å²) in [6.07, 6.45) is 1.05. The van der Waals surface area contributed by atoms with Crippen LogP contribution in [0.3, 0.4) is 0 Å². The summed E-state index contributed by atoms with van der Waals surface area (Å²) in [5.41, 5.74) is 1.81. The Hall–Kier alpha value is -4.48. The fraction of sp³-hybridized carbons (Fsp3) is 0.174. The molecule has 5 aromatic rings. The summed E-state index contributed by atoms with van der Waals surface area (Å²) in [5, 5.41) is 5.16. The van der Waals surface area contributed by atoms with Gasteiger partial charge >= 0.3 is 6.36 Å². The van der Waals surface area contributed by atoms with Crippen LogP contribution in [0.2, 0.25) is 0 Å². The topological polar surface area (TPSA) is 97.0 Å². The first kappa shape index (κ1) is 22.3. The molecule has 0 amide bonds. The van der Waals surface area contributed by atoms with E-state index in [1.54, 1.807) is 43.0 Å². The summed E-state index contributed by atoms with van der Waals surface area (Å²) in [7, 11) is 1.80. The molecule has 4 aromatic heterocycles. The summed E-state index contributed by atoms with van der Waals surface area (Å²) in [5.74, 6) is -0.440. The van der Waals surface area contributed by atoms with Crippen LogP contribution in [-0.2, 0) is 7.05 Å². The van der Waals surface area contributed by atoms with E-state index in [2.05, 4.69) is 24.8 Å². The van der Waals surface area contributed by atoms with E-state index < -0.39 is 17.8 Å². The Morgan fingerprint density at radius 2 is 1.83 bits per heavy atom.